The van der Waals surface area contributed by atoms with Crippen LogP contribution >= 0.6 is 24.0 Å². The van der Waals surface area contributed by atoms with E-state index in [-0.39, 0.29) is 42.2 Å². The zero-order chi connectivity index (χ0) is 19.0. The van der Waals surface area contributed by atoms with Gasteiger partial charge in [0.05, 0.1) is 6.54 Å². The van der Waals surface area contributed by atoms with Gasteiger partial charge in [0.2, 0.25) is 5.91 Å². The molecule has 27 heavy (non-hydrogen) atoms. The van der Waals surface area contributed by atoms with Crippen LogP contribution in [-0.4, -0.2) is 37.7 Å². The van der Waals surface area contributed by atoms with Crippen LogP contribution in [0.4, 0.5) is 18.9 Å². The largest absolute Gasteiger partial charge is 0.389 e. The number of alkyl halides is 3. The zero-order valence-corrected chi connectivity index (χ0v) is 17.6. The minimum atomic E-state index is -4.10. The predicted octanol–water partition coefficient (Wildman–Crippen LogP) is 4.02. The Hall–Kier alpha value is -1.52. The number of fused-ring (bicyclic) bond motifs is 1. The first-order valence-electron chi connectivity index (χ1n) is 8.86. The number of rotatable bonds is 7. The monoisotopic (exact) mass is 498 g/mol. The van der Waals surface area contributed by atoms with Crippen molar-refractivity contribution in [2.24, 2.45) is 4.99 Å². The van der Waals surface area contributed by atoms with Crippen molar-refractivity contribution in [3.05, 3.63) is 29.8 Å². The molecule has 1 amide bonds. The zero-order valence-electron chi connectivity index (χ0n) is 15.2. The molecule has 0 spiro atoms. The second-order valence-electron chi connectivity index (χ2n) is 6.26. The molecule has 0 saturated heterocycles. The quantitative estimate of drug-likeness (QED) is 0.230. The minimum absolute atomic E-state index is 0. The smallest absolute Gasteiger partial charge is 0.357 e. The number of carbonyl (C=O) groups excluding carboxylic acids is 1. The maximum Gasteiger partial charge on any atom is 0.389 e. The van der Waals surface area contributed by atoms with Gasteiger partial charge < -0.3 is 16.0 Å². The molecule has 1 atom stereocenters. The Bertz CT molecular complexity index is 637. The Balaban J connectivity index is 0.00000364. The number of guanidine groups is 1. The number of hydrogen-bond acceptors (Lipinski definition) is 2. The molecule has 0 bridgehead atoms. The van der Waals surface area contributed by atoms with E-state index in [9.17, 15) is 18.0 Å². The van der Waals surface area contributed by atoms with Crippen LogP contribution in [0.1, 0.15) is 44.1 Å². The molecule has 3 N–H and O–H groups in total. The second kappa shape index (κ2) is 11.4. The van der Waals surface area contributed by atoms with E-state index < -0.39 is 12.6 Å². The summed E-state index contributed by atoms with van der Waals surface area (Å²) in [5.74, 6) is 0.512. The first kappa shape index (κ1) is 23.5. The van der Waals surface area contributed by atoms with Crippen molar-refractivity contribution in [1.82, 2.24) is 10.6 Å². The first-order valence-corrected chi connectivity index (χ1v) is 8.86. The number of nitrogens with zero attached hydrogens (tertiary/aromatic N) is 1. The number of aliphatic imine (C=N–C) groups is 1. The Kier molecular flexibility index (Phi) is 9.89. The van der Waals surface area contributed by atoms with Gasteiger partial charge in [-0.25, -0.2) is 0 Å². The van der Waals surface area contributed by atoms with E-state index in [1.54, 1.807) is 0 Å². The lowest BCUT2D eigenvalue weighted by Crippen LogP contribution is -2.38. The highest BCUT2D eigenvalue weighted by Gasteiger charge is 2.26. The van der Waals surface area contributed by atoms with Crippen LogP contribution in [0, 0.1) is 0 Å². The summed E-state index contributed by atoms with van der Waals surface area (Å²) in [4.78, 5) is 16.4. The molecule has 0 saturated carbocycles. The number of anilines is 1. The molecule has 1 aromatic carbocycles. The molecule has 1 unspecified atom stereocenters. The lowest BCUT2D eigenvalue weighted by molar-refractivity contribution is -0.135. The molecule has 0 radical (unpaired) electrons. The van der Waals surface area contributed by atoms with Crippen molar-refractivity contribution in [2.45, 2.75) is 44.7 Å². The van der Waals surface area contributed by atoms with Crippen molar-refractivity contribution >= 4 is 41.5 Å². The van der Waals surface area contributed by atoms with Crippen LogP contribution in [0.25, 0.3) is 0 Å². The fraction of sp³-hybridized carbons (Fsp3) is 0.556. The molecular weight excluding hydrogens is 472 g/mol. The summed E-state index contributed by atoms with van der Waals surface area (Å²) < 4.78 is 36.5. The van der Waals surface area contributed by atoms with Crippen molar-refractivity contribution in [2.75, 3.05) is 25.0 Å². The third-order valence-electron chi connectivity index (χ3n) is 4.10. The van der Waals surface area contributed by atoms with Crippen molar-refractivity contribution in [1.29, 1.82) is 0 Å². The lowest BCUT2D eigenvalue weighted by atomic mass is 9.91. The third-order valence-corrected chi connectivity index (χ3v) is 4.10. The predicted molar refractivity (Wildman–Crippen MR) is 112 cm³/mol. The third kappa shape index (κ3) is 8.35. The number of halogens is 4. The standard InChI is InChI=1S/C18H25F3N4O.HI/c1-2-22-17(23-10-6-5-9-18(19,20)21)24-12-13-11-16(26)25-15-8-4-3-7-14(13)15;/h3-4,7-8,13H,2,5-6,9-12H2,1H3,(H,25,26)(H2,22,23,24);1H. The minimum Gasteiger partial charge on any atom is -0.357 e. The fourth-order valence-corrected chi connectivity index (χ4v) is 2.87. The molecule has 1 aromatic rings. The summed E-state index contributed by atoms with van der Waals surface area (Å²) in [7, 11) is 0. The van der Waals surface area contributed by atoms with Crippen molar-refractivity contribution in [3.63, 3.8) is 0 Å². The molecule has 1 aliphatic rings. The summed E-state index contributed by atoms with van der Waals surface area (Å²) in [6.45, 7) is 3.42. The Labute approximate surface area is 174 Å². The topological polar surface area (TPSA) is 65.5 Å². The summed E-state index contributed by atoms with van der Waals surface area (Å²) in [5, 5.41) is 8.99. The number of nitrogens with one attached hydrogen (secondary N) is 3. The fourth-order valence-electron chi connectivity index (χ4n) is 2.87. The van der Waals surface area contributed by atoms with E-state index in [1.165, 1.54) is 0 Å². The highest BCUT2D eigenvalue weighted by molar-refractivity contribution is 14.0. The molecule has 0 aromatic heterocycles. The van der Waals surface area contributed by atoms with Gasteiger partial charge in [-0.15, -0.1) is 24.0 Å². The number of amides is 1. The van der Waals surface area contributed by atoms with Crippen LogP contribution in [0.2, 0.25) is 0 Å². The number of carbonyl (C=O) groups is 1. The first-order chi connectivity index (χ1) is 12.4. The van der Waals surface area contributed by atoms with Gasteiger partial charge >= 0.3 is 6.18 Å². The summed E-state index contributed by atoms with van der Waals surface area (Å²) in [5.41, 5.74) is 1.87. The van der Waals surface area contributed by atoms with Crippen LogP contribution in [0.15, 0.2) is 29.3 Å². The Morgan fingerprint density at radius 1 is 1.26 bits per heavy atom. The van der Waals surface area contributed by atoms with Crippen LogP contribution in [0.5, 0.6) is 0 Å². The molecule has 0 fully saturated rings. The molecule has 152 valence electrons. The molecule has 2 rings (SSSR count). The van der Waals surface area contributed by atoms with E-state index in [0.717, 1.165) is 11.3 Å². The Morgan fingerprint density at radius 2 is 2.00 bits per heavy atom. The number of para-hydroxylation sites is 1. The average molecular weight is 498 g/mol. The summed E-state index contributed by atoms with van der Waals surface area (Å²) >= 11 is 0. The van der Waals surface area contributed by atoms with Crippen LogP contribution in [0.3, 0.4) is 0 Å². The van der Waals surface area contributed by atoms with E-state index in [4.69, 9.17) is 0 Å². The van der Waals surface area contributed by atoms with Crippen LogP contribution < -0.4 is 16.0 Å². The summed E-state index contributed by atoms with van der Waals surface area (Å²) in [6.07, 6.45) is -4.00. The Morgan fingerprint density at radius 3 is 2.70 bits per heavy atom. The summed E-state index contributed by atoms with van der Waals surface area (Å²) in [6, 6.07) is 7.65. The molecular formula is C18H26F3IN4O. The van der Waals surface area contributed by atoms with E-state index in [0.29, 0.717) is 38.4 Å². The van der Waals surface area contributed by atoms with E-state index in [1.807, 2.05) is 31.2 Å². The van der Waals surface area contributed by atoms with Gasteiger partial charge in [-0.2, -0.15) is 13.2 Å². The molecule has 1 heterocycles. The van der Waals surface area contributed by atoms with Gasteiger partial charge in [0.1, 0.15) is 0 Å². The normalized spacial score (nSPS) is 16.8. The van der Waals surface area contributed by atoms with Gasteiger partial charge in [0, 0.05) is 37.5 Å². The molecule has 1 aliphatic heterocycles. The second-order valence-corrected chi connectivity index (χ2v) is 6.26. The van der Waals surface area contributed by atoms with E-state index in [2.05, 4.69) is 20.9 Å². The van der Waals surface area contributed by atoms with E-state index >= 15 is 0 Å². The number of hydrogen-bond donors (Lipinski definition) is 3. The van der Waals surface area contributed by atoms with Crippen molar-refractivity contribution < 1.29 is 18.0 Å². The average Bonchev–Trinajstić information content (AvgIpc) is 2.57. The maximum atomic E-state index is 12.2. The van der Waals surface area contributed by atoms with Gasteiger partial charge in [0.15, 0.2) is 5.96 Å². The highest BCUT2D eigenvalue weighted by atomic mass is 127. The maximum absolute atomic E-state index is 12.2. The van der Waals surface area contributed by atoms with Crippen molar-refractivity contribution in [3.8, 4) is 0 Å². The SMILES string of the molecule is CCNC(=NCC1CC(=O)Nc2ccccc21)NCCCCC(F)(F)F.I. The van der Waals surface area contributed by atoms with Gasteiger partial charge in [-0.05, 0) is 31.4 Å². The number of benzene rings is 1. The van der Waals surface area contributed by atoms with Crippen LogP contribution in [-0.2, 0) is 4.79 Å². The lowest BCUT2D eigenvalue weighted by Gasteiger charge is -2.24. The van der Waals surface area contributed by atoms with Gasteiger partial charge in [0.25, 0.3) is 0 Å². The molecule has 9 heteroatoms. The highest BCUT2D eigenvalue weighted by Crippen LogP contribution is 2.31. The van der Waals surface area contributed by atoms with Gasteiger partial charge in [-0.3, -0.25) is 9.79 Å². The molecule has 5 nitrogen and oxygen atoms in total. The van der Waals surface area contributed by atoms with Gasteiger partial charge in [-0.1, -0.05) is 18.2 Å². The number of unbranched alkanes of at least 4 members (excludes halogenated alkanes) is 1. The molecule has 0 aliphatic carbocycles.